The zero-order valence-corrected chi connectivity index (χ0v) is 11.6. The van der Waals surface area contributed by atoms with E-state index in [0.717, 1.165) is 5.69 Å². The molecule has 0 radical (unpaired) electrons. The molecule has 0 amide bonds. The van der Waals surface area contributed by atoms with Crippen LogP contribution < -0.4 is 10.6 Å². The SMILES string of the molecule is CN=C(NC#N)NCCS(=O)(=O)Cc1nc[nH]c1C. The molecule has 0 atom stereocenters. The number of aromatic amines is 1. The van der Waals surface area contributed by atoms with Crippen LogP contribution in [0.1, 0.15) is 11.4 Å². The first kappa shape index (κ1) is 15.0. The largest absolute Gasteiger partial charge is 0.355 e. The molecule has 0 aliphatic carbocycles. The molecule has 8 nitrogen and oxygen atoms in total. The standard InChI is InChI=1S/C10H16N6O2S/c1-8-9(16-7-15-8)5-19(17,18)4-3-13-10(12-2)14-6-11/h7H,3-5H2,1-2H3,(H,15,16)(H2,12,13,14). The second kappa shape index (κ2) is 6.75. The van der Waals surface area contributed by atoms with E-state index in [0.29, 0.717) is 5.69 Å². The van der Waals surface area contributed by atoms with Crippen LogP contribution >= 0.6 is 0 Å². The minimum absolute atomic E-state index is 0.0641. The summed E-state index contributed by atoms with van der Waals surface area (Å²) in [5.41, 5.74) is 1.28. The van der Waals surface area contributed by atoms with Crippen LogP contribution in [-0.4, -0.2) is 43.7 Å². The summed E-state index contributed by atoms with van der Waals surface area (Å²) in [5, 5.41) is 13.5. The molecule has 0 fully saturated rings. The van der Waals surface area contributed by atoms with Crippen LogP contribution in [0.4, 0.5) is 0 Å². The third-order valence-electron chi connectivity index (χ3n) is 2.39. The van der Waals surface area contributed by atoms with E-state index in [9.17, 15) is 8.42 Å². The lowest BCUT2D eigenvalue weighted by molar-refractivity contribution is 0.593. The number of aryl methyl sites for hydroxylation is 1. The van der Waals surface area contributed by atoms with Gasteiger partial charge in [0.05, 0.1) is 23.5 Å². The van der Waals surface area contributed by atoms with E-state index in [4.69, 9.17) is 5.26 Å². The summed E-state index contributed by atoms with van der Waals surface area (Å²) in [5.74, 6) is 0.0772. The molecule has 0 aliphatic heterocycles. The average Bonchev–Trinajstić information content (AvgIpc) is 2.73. The van der Waals surface area contributed by atoms with Crippen molar-refractivity contribution in [2.24, 2.45) is 4.99 Å². The van der Waals surface area contributed by atoms with E-state index in [2.05, 4.69) is 25.6 Å². The molecule has 0 unspecified atom stereocenters. The second-order valence-electron chi connectivity index (χ2n) is 3.80. The first-order valence-corrected chi connectivity index (χ1v) is 7.35. The molecule has 0 bridgehead atoms. The molecule has 104 valence electrons. The molecular weight excluding hydrogens is 268 g/mol. The molecular formula is C10H16N6O2S. The van der Waals surface area contributed by atoms with E-state index in [-0.39, 0.29) is 24.0 Å². The van der Waals surface area contributed by atoms with Gasteiger partial charge in [0.1, 0.15) is 0 Å². The Labute approximate surface area is 111 Å². The molecule has 1 heterocycles. The van der Waals surface area contributed by atoms with Crippen molar-refractivity contribution < 1.29 is 8.42 Å². The molecule has 0 aromatic carbocycles. The molecule has 1 aromatic heterocycles. The Bertz CT molecular complexity index is 583. The van der Waals surface area contributed by atoms with Gasteiger partial charge in [0.25, 0.3) is 0 Å². The first-order valence-electron chi connectivity index (χ1n) is 5.53. The van der Waals surface area contributed by atoms with Gasteiger partial charge in [-0.3, -0.25) is 10.3 Å². The topological polar surface area (TPSA) is 123 Å². The van der Waals surface area contributed by atoms with Crippen LogP contribution in [0.2, 0.25) is 0 Å². The van der Waals surface area contributed by atoms with Gasteiger partial charge in [0, 0.05) is 19.3 Å². The van der Waals surface area contributed by atoms with Gasteiger partial charge in [-0.05, 0) is 6.92 Å². The van der Waals surface area contributed by atoms with Crippen molar-refractivity contribution in [2.45, 2.75) is 12.7 Å². The van der Waals surface area contributed by atoms with Gasteiger partial charge >= 0.3 is 0 Å². The smallest absolute Gasteiger partial charge is 0.204 e. The first-order chi connectivity index (χ1) is 8.98. The van der Waals surface area contributed by atoms with Crippen LogP contribution in [0.3, 0.4) is 0 Å². The lowest BCUT2D eigenvalue weighted by Crippen LogP contribution is -2.37. The highest BCUT2D eigenvalue weighted by atomic mass is 32.2. The number of nitriles is 1. The fourth-order valence-corrected chi connectivity index (χ4v) is 2.64. The maximum absolute atomic E-state index is 11.9. The normalized spacial score (nSPS) is 11.9. The number of nitrogens with zero attached hydrogens (tertiary/aromatic N) is 3. The minimum atomic E-state index is -3.26. The van der Waals surface area contributed by atoms with Crippen molar-refractivity contribution in [3.05, 3.63) is 17.7 Å². The lowest BCUT2D eigenvalue weighted by atomic mass is 10.4. The maximum Gasteiger partial charge on any atom is 0.204 e. The Morgan fingerprint density at radius 2 is 2.37 bits per heavy atom. The van der Waals surface area contributed by atoms with E-state index in [1.165, 1.54) is 13.4 Å². The summed E-state index contributed by atoms with van der Waals surface area (Å²) in [6.45, 7) is 1.95. The van der Waals surface area contributed by atoms with Crippen molar-refractivity contribution in [3.63, 3.8) is 0 Å². The van der Waals surface area contributed by atoms with E-state index >= 15 is 0 Å². The summed E-state index contributed by atoms with van der Waals surface area (Å²) in [7, 11) is -1.76. The van der Waals surface area contributed by atoms with E-state index in [1.807, 2.05) is 0 Å². The zero-order valence-electron chi connectivity index (χ0n) is 10.8. The van der Waals surface area contributed by atoms with Crippen molar-refractivity contribution in [2.75, 3.05) is 19.3 Å². The lowest BCUT2D eigenvalue weighted by Gasteiger charge is -2.07. The number of rotatable bonds is 5. The highest BCUT2D eigenvalue weighted by molar-refractivity contribution is 7.90. The molecule has 1 rings (SSSR count). The highest BCUT2D eigenvalue weighted by Gasteiger charge is 2.15. The summed E-state index contributed by atoms with van der Waals surface area (Å²) < 4.78 is 23.7. The average molecular weight is 284 g/mol. The van der Waals surface area contributed by atoms with Gasteiger partial charge in [0.15, 0.2) is 16.0 Å². The van der Waals surface area contributed by atoms with Crippen molar-refractivity contribution >= 4 is 15.8 Å². The molecule has 3 N–H and O–H groups in total. The summed E-state index contributed by atoms with van der Waals surface area (Å²) >= 11 is 0. The Morgan fingerprint density at radius 3 is 2.89 bits per heavy atom. The molecule has 9 heteroatoms. The predicted molar refractivity (Wildman–Crippen MR) is 70.9 cm³/mol. The molecule has 0 saturated heterocycles. The van der Waals surface area contributed by atoms with Crippen LogP contribution in [0, 0.1) is 18.4 Å². The Hall–Kier alpha value is -2.08. The monoisotopic (exact) mass is 284 g/mol. The molecule has 0 aliphatic rings. The number of aliphatic imine (C=N–C) groups is 1. The summed E-state index contributed by atoms with van der Waals surface area (Å²) in [4.78, 5) is 10.5. The Kier molecular flexibility index (Phi) is 5.32. The van der Waals surface area contributed by atoms with Gasteiger partial charge < -0.3 is 10.3 Å². The van der Waals surface area contributed by atoms with Crippen LogP contribution in [-0.2, 0) is 15.6 Å². The number of H-pyrrole nitrogens is 1. The summed E-state index contributed by atoms with van der Waals surface area (Å²) in [6.07, 6.45) is 3.17. The van der Waals surface area contributed by atoms with Crippen molar-refractivity contribution in [1.29, 1.82) is 5.26 Å². The van der Waals surface area contributed by atoms with Gasteiger partial charge in [-0.25, -0.2) is 13.4 Å². The number of nitrogens with one attached hydrogen (secondary N) is 3. The third kappa shape index (κ3) is 4.97. The van der Waals surface area contributed by atoms with Crippen LogP contribution in [0.15, 0.2) is 11.3 Å². The van der Waals surface area contributed by atoms with E-state index < -0.39 is 9.84 Å². The predicted octanol–water partition coefficient (Wildman–Crippen LogP) is -0.721. The van der Waals surface area contributed by atoms with Gasteiger partial charge in [-0.15, -0.1) is 0 Å². The van der Waals surface area contributed by atoms with Gasteiger partial charge in [0.2, 0.25) is 5.96 Å². The Balaban J connectivity index is 2.48. The molecule has 0 spiro atoms. The van der Waals surface area contributed by atoms with Crippen LogP contribution in [0.5, 0.6) is 0 Å². The van der Waals surface area contributed by atoms with E-state index in [1.54, 1.807) is 13.1 Å². The molecule has 1 aromatic rings. The van der Waals surface area contributed by atoms with Crippen molar-refractivity contribution in [3.8, 4) is 6.19 Å². The number of hydrogen-bond donors (Lipinski definition) is 3. The third-order valence-corrected chi connectivity index (χ3v) is 3.93. The number of sulfone groups is 1. The van der Waals surface area contributed by atoms with Gasteiger partial charge in [-0.2, -0.15) is 5.26 Å². The molecule has 19 heavy (non-hydrogen) atoms. The molecule has 0 saturated carbocycles. The number of hydrogen-bond acceptors (Lipinski definition) is 5. The number of imidazole rings is 1. The fraction of sp³-hybridized carbons (Fsp3) is 0.500. The number of aromatic nitrogens is 2. The zero-order chi connectivity index (χ0) is 14.3. The Morgan fingerprint density at radius 1 is 1.63 bits per heavy atom. The maximum atomic E-state index is 11.9. The number of guanidine groups is 1. The minimum Gasteiger partial charge on any atom is -0.355 e. The van der Waals surface area contributed by atoms with Crippen molar-refractivity contribution in [1.82, 2.24) is 20.6 Å². The second-order valence-corrected chi connectivity index (χ2v) is 5.99. The summed E-state index contributed by atoms with van der Waals surface area (Å²) in [6, 6.07) is 0. The fourth-order valence-electron chi connectivity index (χ4n) is 1.37. The quantitative estimate of drug-likeness (QED) is 0.284. The van der Waals surface area contributed by atoms with Crippen LogP contribution in [0.25, 0.3) is 0 Å². The highest BCUT2D eigenvalue weighted by Crippen LogP contribution is 2.06. The van der Waals surface area contributed by atoms with Gasteiger partial charge in [-0.1, -0.05) is 0 Å².